The van der Waals surface area contributed by atoms with E-state index in [1.165, 1.54) is 12.8 Å². The molecular weight excluding hydrogens is 274 g/mol. The molecule has 0 amide bonds. The van der Waals surface area contributed by atoms with Gasteiger partial charge in [-0.2, -0.15) is 4.31 Å². The molecule has 1 aliphatic carbocycles. The lowest BCUT2D eigenvalue weighted by Crippen LogP contribution is -2.53. The highest BCUT2D eigenvalue weighted by molar-refractivity contribution is 7.89. The molecule has 0 aromatic rings. The van der Waals surface area contributed by atoms with E-state index in [0.29, 0.717) is 31.7 Å². The molecule has 20 heavy (non-hydrogen) atoms. The highest BCUT2D eigenvalue weighted by Gasteiger charge is 2.33. The van der Waals surface area contributed by atoms with Crippen molar-refractivity contribution in [2.75, 3.05) is 32.7 Å². The van der Waals surface area contributed by atoms with Gasteiger partial charge in [0.2, 0.25) is 10.0 Å². The number of piperazine rings is 1. The number of rotatable bonds is 7. The number of sulfonamides is 1. The summed E-state index contributed by atoms with van der Waals surface area (Å²) in [5, 5.41) is 3.00. The second-order valence-corrected chi connectivity index (χ2v) is 8.58. The first-order valence-corrected chi connectivity index (χ1v) is 9.41. The number of nitrogens with one attached hydrogen (secondary N) is 1. The summed E-state index contributed by atoms with van der Waals surface area (Å²) in [5.41, 5.74) is 0. The van der Waals surface area contributed by atoms with Gasteiger partial charge in [-0.3, -0.25) is 4.90 Å². The van der Waals surface area contributed by atoms with E-state index in [2.05, 4.69) is 24.1 Å². The van der Waals surface area contributed by atoms with E-state index < -0.39 is 10.0 Å². The highest BCUT2D eigenvalue weighted by Crippen LogP contribution is 2.20. The van der Waals surface area contributed by atoms with Crippen LogP contribution in [0.15, 0.2) is 0 Å². The Morgan fingerprint density at radius 1 is 1.15 bits per heavy atom. The van der Waals surface area contributed by atoms with Crippen molar-refractivity contribution < 1.29 is 8.42 Å². The Balaban J connectivity index is 1.83. The van der Waals surface area contributed by atoms with Crippen molar-refractivity contribution in [1.29, 1.82) is 0 Å². The van der Waals surface area contributed by atoms with E-state index in [0.717, 1.165) is 19.5 Å². The molecule has 6 heteroatoms. The van der Waals surface area contributed by atoms with Crippen LogP contribution in [-0.4, -0.2) is 67.7 Å². The molecule has 1 aliphatic heterocycles. The lowest BCUT2D eigenvalue weighted by Gasteiger charge is -2.38. The van der Waals surface area contributed by atoms with E-state index in [4.69, 9.17) is 0 Å². The lowest BCUT2D eigenvalue weighted by atomic mass is 10.2. The van der Waals surface area contributed by atoms with E-state index >= 15 is 0 Å². The first kappa shape index (κ1) is 16.2. The highest BCUT2D eigenvalue weighted by atomic mass is 32.2. The summed E-state index contributed by atoms with van der Waals surface area (Å²) < 4.78 is 26.7. The molecule has 0 spiro atoms. The summed E-state index contributed by atoms with van der Waals surface area (Å²) in [5.74, 6) is 0. The van der Waals surface area contributed by atoms with Gasteiger partial charge in [0.1, 0.15) is 0 Å². The Hall–Kier alpha value is -0.170. The van der Waals surface area contributed by atoms with Crippen molar-refractivity contribution in [2.45, 2.75) is 57.4 Å². The first-order valence-electron chi connectivity index (χ1n) is 7.91. The molecule has 2 aliphatic rings. The second-order valence-electron chi connectivity index (χ2n) is 6.23. The molecule has 0 aromatic carbocycles. The number of hydrogen-bond acceptors (Lipinski definition) is 4. The molecule has 2 unspecified atom stereocenters. The average molecular weight is 303 g/mol. The second kappa shape index (κ2) is 6.73. The summed E-state index contributed by atoms with van der Waals surface area (Å²) in [4.78, 5) is 2.39. The van der Waals surface area contributed by atoms with Crippen molar-refractivity contribution in [3.05, 3.63) is 0 Å². The van der Waals surface area contributed by atoms with Crippen molar-refractivity contribution in [1.82, 2.24) is 14.5 Å². The SMILES string of the molecule is CCC(C)N1CCN(S(=O)(=O)C(C)CNC2CC2)CC1. The van der Waals surface area contributed by atoms with Gasteiger partial charge in [0.25, 0.3) is 0 Å². The Morgan fingerprint density at radius 2 is 1.75 bits per heavy atom. The normalized spacial score (nSPS) is 25.6. The molecule has 0 radical (unpaired) electrons. The number of hydrogen-bond donors (Lipinski definition) is 1. The van der Waals surface area contributed by atoms with Crippen LogP contribution < -0.4 is 5.32 Å². The topological polar surface area (TPSA) is 52.7 Å². The van der Waals surface area contributed by atoms with Gasteiger partial charge in [-0.1, -0.05) is 6.92 Å². The smallest absolute Gasteiger partial charge is 0.218 e. The van der Waals surface area contributed by atoms with Crippen molar-refractivity contribution in [3.8, 4) is 0 Å². The third-order valence-corrected chi connectivity index (χ3v) is 6.90. The van der Waals surface area contributed by atoms with Crippen LogP contribution in [-0.2, 0) is 10.0 Å². The third-order valence-electron chi connectivity index (χ3n) is 4.63. The maximum atomic E-state index is 12.5. The van der Waals surface area contributed by atoms with Gasteiger partial charge in [-0.15, -0.1) is 0 Å². The van der Waals surface area contributed by atoms with Gasteiger partial charge in [0.05, 0.1) is 5.25 Å². The summed E-state index contributed by atoms with van der Waals surface area (Å²) in [7, 11) is -3.14. The van der Waals surface area contributed by atoms with E-state index in [1.807, 2.05) is 6.92 Å². The molecule has 2 fully saturated rings. The molecule has 2 atom stereocenters. The minimum Gasteiger partial charge on any atom is -0.313 e. The van der Waals surface area contributed by atoms with Gasteiger partial charge in [0, 0.05) is 44.8 Å². The Kier molecular flexibility index (Phi) is 5.45. The molecule has 0 bridgehead atoms. The van der Waals surface area contributed by atoms with Gasteiger partial charge < -0.3 is 5.32 Å². The zero-order valence-corrected chi connectivity index (χ0v) is 13.8. The molecule has 1 saturated heterocycles. The summed E-state index contributed by atoms with van der Waals surface area (Å²) in [6.45, 7) is 9.80. The molecular formula is C14H29N3O2S. The monoisotopic (exact) mass is 303 g/mol. The summed E-state index contributed by atoms with van der Waals surface area (Å²) in [6.07, 6.45) is 3.51. The fourth-order valence-electron chi connectivity index (χ4n) is 2.64. The number of nitrogens with zero attached hydrogens (tertiary/aromatic N) is 2. The molecule has 1 saturated carbocycles. The fourth-order valence-corrected chi connectivity index (χ4v) is 4.12. The van der Waals surface area contributed by atoms with Crippen molar-refractivity contribution >= 4 is 10.0 Å². The zero-order valence-electron chi connectivity index (χ0n) is 13.0. The maximum Gasteiger partial charge on any atom is 0.218 e. The van der Waals surface area contributed by atoms with E-state index in [1.54, 1.807) is 4.31 Å². The Morgan fingerprint density at radius 3 is 2.25 bits per heavy atom. The third kappa shape index (κ3) is 3.93. The predicted molar refractivity (Wildman–Crippen MR) is 82.3 cm³/mol. The minimum absolute atomic E-state index is 0.321. The van der Waals surface area contributed by atoms with Crippen LogP contribution in [0.3, 0.4) is 0 Å². The molecule has 1 N–H and O–H groups in total. The van der Waals surface area contributed by atoms with Crippen LogP contribution in [0.5, 0.6) is 0 Å². The maximum absolute atomic E-state index is 12.5. The predicted octanol–water partition coefficient (Wildman–Crippen LogP) is 0.873. The van der Waals surface area contributed by atoms with E-state index in [-0.39, 0.29) is 5.25 Å². The molecule has 5 nitrogen and oxygen atoms in total. The van der Waals surface area contributed by atoms with Crippen LogP contribution in [0.25, 0.3) is 0 Å². The standard InChI is InChI=1S/C14H29N3O2S/c1-4-12(2)16-7-9-17(10-8-16)20(18,19)13(3)11-15-14-5-6-14/h12-15H,4-11H2,1-3H3. The van der Waals surface area contributed by atoms with Crippen LogP contribution in [0.2, 0.25) is 0 Å². The van der Waals surface area contributed by atoms with Gasteiger partial charge in [-0.05, 0) is 33.1 Å². The minimum atomic E-state index is -3.14. The van der Waals surface area contributed by atoms with Gasteiger partial charge >= 0.3 is 0 Å². The Labute approximate surface area is 123 Å². The Bertz CT molecular complexity index is 401. The summed E-state index contributed by atoms with van der Waals surface area (Å²) >= 11 is 0. The van der Waals surface area contributed by atoms with Crippen LogP contribution in [0, 0.1) is 0 Å². The van der Waals surface area contributed by atoms with E-state index in [9.17, 15) is 8.42 Å². The average Bonchev–Trinajstić information content (AvgIpc) is 3.28. The summed E-state index contributed by atoms with van der Waals surface area (Å²) in [6, 6.07) is 1.11. The lowest BCUT2D eigenvalue weighted by molar-refractivity contribution is 0.142. The quantitative estimate of drug-likeness (QED) is 0.758. The first-order chi connectivity index (χ1) is 9.45. The van der Waals surface area contributed by atoms with Crippen LogP contribution in [0.1, 0.15) is 40.0 Å². The molecule has 118 valence electrons. The zero-order chi connectivity index (χ0) is 14.8. The van der Waals surface area contributed by atoms with Crippen molar-refractivity contribution in [3.63, 3.8) is 0 Å². The van der Waals surface area contributed by atoms with Crippen LogP contribution >= 0.6 is 0 Å². The van der Waals surface area contributed by atoms with Crippen LogP contribution in [0.4, 0.5) is 0 Å². The van der Waals surface area contributed by atoms with Gasteiger partial charge in [0.15, 0.2) is 0 Å². The fraction of sp³-hybridized carbons (Fsp3) is 1.00. The van der Waals surface area contributed by atoms with Gasteiger partial charge in [-0.25, -0.2) is 8.42 Å². The molecule has 2 rings (SSSR count). The van der Waals surface area contributed by atoms with Crippen molar-refractivity contribution in [2.24, 2.45) is 0 Å². The molecule has 0 aromatic heterocycles. The largest absolute Gasteiger partial charge is 0.313 e. The molecule has 1 heterocycles.